The van der Waals surface area contributed by atoms with Crippen molar-refractivity contribution in [3.63, 3.8) is 0 Å². The molecule has 0 unspecified atom stereocenters. The maximum absolute atomic E-state index is 9.00. The van der Waals surface area contributed by atoms with E-state index in [9.17, 15) is 0 Å². The van der Waals surface area contributed by atoms with Crippen molar-refractivity contribution in [3.05, 3.63) is 42.1 Å². The summed E-state index contributed by atoms with van der Waals surface area (Å²) in [6.07, 6.45) is 1.73. The molecule has 0 fully saturated rings. The molecular formula is C14H15NO3. The van der Waals surface area contributed by atoms with Crippen LogP contribution in [0.4, 0.5) is 0 Å². The highest BCUT2D eigenvalue weighted by molar-refractivity contribution is 5.65. The Bertz CT molecular complexity index is 523. The molecule has 0 spiro atoms. The van der Waals surface area contributed by atoms with Crippen LogP contribution in [-0.2, 0) is 6.61 Å². The van der Waals surface area contributed by atoms with Crippen molar-refractivity contribution >= 4 is 0 Å². The van der Waals surface area contributed by atoms with E-state index in [0.717, 1.165) is 16.7 Å². The van der Waals surface area contributed by atoms with Gasteiger partial charge in [-0.2, -0.15) is 0 Å². The van der Waals surface area contributed by atoms with Crippen molar-refractivity contribution in [3.8, 4) is 22.8 Å². The van der Waals surface area contributed by atoms with Gasteiger partial charge in [0.05, 0.1) is 20.8 Å². The summed E-state index contributed by atoms with van der Waals surface area (Å²) in [6.45, 7) is 0.0461. The molecule has 0 bridgehead atoms. The number of hydrogen-bond acceptors (Lipinski definition) is 4. The molecule has 0 saturated heterocycles. The number of hydrogen-bond donors (Lipinski definition) is 1. The summed E-state index contributed by atoms with van der Waals surface area (Å²) in [5.41, 5.74) is 2.84. The van der Waals surface area contributed by atoms with Gasteiger partial charge in [-0.1, -0.05) is 24.3 Å². The van der Waals surface area contributed by atoms with Gasteiger partial charge < -0.3 is 14.6 Å². The molecule has 1 heterocycles. The quantitative estimate of drug-likeness (QED) is 0.897. The van der Waals surface area contributed by atoms with Gasteiger partial charge >= 0.3 is 0 Å². The summed E-state index contributed by atoms with van der Waals surface area (Å²) in [5.74, 6) is 1.06. The summed E-state index contributed by atoms with van der Waals surface area (Å²) >= 11 is 0. The highest BCUT2D eigenvalue weighted by Crippen LogP contribution is 2.29. The minimum absolute atomic E-state index is 0.0461. The molecule has 18 heavy (non-hydrogen) atoms. The average molecular weight is 245 g/mol. The lowest BCUT2D eigenvalue weighted by molar-refractivity contribution is 0.282. The predicted molar refractivity (Wildman–Crippen MR) is 68.7 cm³/mol. The van der Waals surface area contributed by atoms with E-state index in [4.69, 9.17) is 14.6 Å². The SMILES string of the molecule is COc1cc(-c2ccc(CO)cc2)cnc1OC. The number of aliphatic hydroxyl groups is 1. The monoisotopic (exact) mass is 245 g/mol. The molecule has 1 aromatic heterocycles. The molecule has 0 atom stereocenters. The van der Waals surface area contributed by atoms with E-state index in [0.29, 0.717) is 11.6 Å². The van der Waals surface area contributed by atoms with E-state index in [1.165, 1.54) is 0 Å². The fourth-order valence-electron chi connectivity index (χ4n) is 1.69. The Morgan fingerprint density at radius 3 is 2.33 bits per heavy atom. The Morgan fingerprint density at radius 2 is 1.78 bits per heavy atom. The van der Waals surface area contributed by atoms with Gasteiger partial charge in [-0.3, -0.25) is 0 Å². The highest BCUT2D eigenvalue weighted by atomic mass is 16.5. The lowest BCUT2D eigenvalue weighted by atomic mass is 10.1. The van der Waals surface area contributed by atoms with Crippen LogP contribution in [0.5, 0.6) is 11.6 Å². The van der Waals surface area contributed by atoms with Crippen LogP contribution in [0.3, 0.4) is 0 Å². The van der Waals surface area contributed by atoms with Crippen molar-refractivity contribution in [2.45, 2.75) is 6.61 Å². The normalized spacial score (nSPS) is 10.2. The van der Waals surface area contributed by atoms with Gasteiger partial charge in [0, 0.05) is 11.8 Å². The molecule has 0 radical (unpaired) electrons. The van der Waals surface area contributed by atoms with Crippen LogP contribution in [0, 0.1) is 0 Å². The molecular weight excluding hydrogens is 230 g/mol. The standard InChI is InChI=1S/C14H15NO3/c1-17-13-7-12(8-15-14(13)18-2)11-5-3-10(9-16)4-6-11/h3-8,16H,9H2,1-2H3. The van der Waals surface area contributed by atoms with Crippen molar-refractivity contribution < 1.29 is 14.6 Å². The van der Waals surface area contributed by atoms with Crippen molar-refractivity contribution in [2.75, 3.05) is 14.2 Å². The summed E-state index contributed by atoms with van der Waals surface area (Å²) in [7, 11) is 3.14. The molecule has 0 aliphatic carbocycles. The van der Waals surface area contributed by atoms with Crippen LogP contribution in [0.2, 0.25) is 0 Å². The second kappa shape index (κ2) is 5.51. The van der Waals surface area contributed by atoms with Gasteiger partial charge in [0.2, 0.25) is 0 Å². The zero-order valence-corrected chi connectivity index (χ0v) is 10.4. The Labute approximate surface area is 106 Å². The molecule has 4 heteroatoms. The van der Waals surface area contributed by atoms with E-state index in [1.807, 2.05) is 30.3 Å². The van der Waals surface area contributed by atoms with Crippen LogP contribution in [0.25, 0.3) is 11.1 Å². The third-order valence-corrected chi connectivity index (χ3v) is 2.70. The number of ether oxygens (including phenoxy) is 2. The molecule has 0 saturated carbocycles. The first-order chi connectivity index (χ1) is 8.78. The van der Waals surface area contributed by atoms with Gasteiger partial charge in [-0.05, 0) is 17.2 Å². The van der Waals surface area contributed by atoms with Crippen LogP contribution in [0.15, 0.2) is 36.5 Å². The van der Waals surface area contributed by atoms with Gasteiger partial charge in [-0.25, -0.2) is 4.98 Å². The Balaban J connectivity index is 2.37. The molecule has 2 aromatic rings. The largest absolute Gasteiger partial charge is 0.491 e. The zero-order valence-electron chi connectivity index (χ0n) is 10.4. The molecule has 94 valence electrons. The number of aromatic nitrogens is 1. The molecule has 0 aliphatic heterocycles. The van der Waals surface area contributed by atoms with Crippen LogP contribution in [0.1, 0.15) is 5.56 Å². The summed E-state index contributed by atoms with van der Waals surface area (Å²) in [4.78, 5) is 4.19. The summed E-state index contributed by atoms with van der Waals surface area (Å²) < 4.78 is 10.3. The smallest absolute Gasteiger partial charge is 0.256 e. The van der Waals surface area contributed by atoms with Crippen molar-refractivity contribution in [1.29, 1.82) is 0 Å². The summed E-state index contributed by atoms with van der Waals surface area (Å²) in [6, 6.07) is 9.51. The fraction of sp³-hybridized carbons (Fsp3) is 0.214. The Hall–Kier alpha value is -2.07. The van der Waals surface area contributed by atoms with Gasteiger partial charge in [-0.15, -0.1) is 0 Å². The number of aliphatic hydroxyl groups excluding tert-OH is 1. The van der Waals surface area contributed by atoms with E-state index in [-0.39, 0.29) is 6.61 Å². The first-order valence-corrected chi connectivity index (χ1v) is 5.56. The van der Waals surface area contributed by atoms with E-state index >= 15 is 0 Å². The van der Waals surface area contributed by atoms with Crippen molar-refractivity contribution in [1.82, 2.24) is 4.98 Å². The Morgan fingerprint density at radius 1 is 1.06 bits per heavy atom. The van der Waals surface area contributed by atoms with Crippen LogP contribution in [-0.4, -0.2) is 24.3 Å². The lowest BCUT2D eigenvalue weighted by Gasteiger charge is -2.08. The Kier molecular flexibility index (Phi) is 3.79. The van der Waals surface area contributed by atoms with E-state index < -0.39 is 0 Å². The maximum Gasteiger partial charge on any atom is 0.256 e. The molecule has 1 aromatic carbocycles. The minimum Gasteiger partial charge on any atom is -0.491 e. The van der Waals surface area contributed by atoms with E-state index in [1.54, 1.807) is 20.4 Å². The van der Waals surface area contributed by atoms with Gasteiger partial charge in [0.1, 0.15) is 0 Å². The lowest BCUT2D eigenvalue weighted by Crippen LogP contribution is -1.94. The minimum atomic E-state index is 0.0461. The molecule has 4 nitrogen and oxygen atoms in total. The second-order valence-electron chi connectivity index (χ2n) is 3.79. The van der Waals surface area contributed by atoms with Crippen molar-refractivity contribution in [2.24, 2.45) is 0 Å². The van der Waals surface area contributed by atoms with Gasteiger partial charge in [0.25, 0.3) is 5.88 Å². The summed E-state index contributed by atoms with van der Waals surface area (Å²) in [5, 5.41) is 9.00. The topological polar surface area (TPSA) is 51.6 Å². The predicted octanol–water partition coefficient (Wildman–Crippen LogP) is 2.26. The number of rotatable bonds is 4. The second-order valence-corrected chi connectivity index (χ2v) is 3.79. The number of benzene rings is 1. The number of pyridine rings is 1. The first-order valence-electron chi connectivity index (χ1n) is 5.56. The van der Waals surface area contributed by atoms with Crippen LogP contribution >= 0.6 is 0 Å². The molecule has 0 aliphatic rings. The van der Waals surface area contributed by atoms with Gasteiger partial charge in [0.15, 0.2) is 5.75 Å². The zero-order chi connectivity index (χ0) is 13.0. The molecule has 0 amide bonds. The fourth-order valence-corrected chi connectivity index (χ4v) is 1.69. The third kappa shape index (κ3) is 2.43. The maximum atomic E-state index is 9.00. The van der Waals surface area contributed by atoms with E-state index in [2.05, 4.69) is 4.98 Å². The average Bonchev–Trinajstić information content (AvgIpc) is 2.46. The third-order valence-electron chi connectivity index (χ3n) is 2.70. The van der Waals surface area contributed by atoms with Crippen LogP contribution < -0.4 is 9.47 Å². The highest BCUT2D eigenvalue weighted by Gasteiger charge is 2.07. The number of methoxy groups -OCH3 is 2. The number of nitrogens with zero attached hydrogens (tertiary/aromatic N) is 1. The first kappa shape index (κ1) is 12.4. The molecule has 1 N–H and O–H groups in total. The molecule has 2 rings (SSSR count).